The number of aromatic nitrogens is 1. The molecule has 0 fully saturated rings. The van der Waals surface area contributed by atoms with Crippen molar-refractivity contribution in [3.8, 4) is 0 Å². The molecular formula is C24H27N2O2+. The number of carbonyl (C=O) groups excluding carboxylic acids is 2. The number of nitrogens with one attached hydrogen (secondary N) is 1. The van der Waals surface area contributed by atoms with Crippen molar-refractivity contribution in [2.75, 3.05) is 6.54 Å². The van der Waals surface area contributed by atoms with E-state index in [0.29, 0.717) is 17.8 Å². The van der Waals surface area contributed by atoms with Crippen LogP contribution in [-0.4, -0.2) is 23.1 Å². The van der Waals surface area contributed by atoms with Gasteiger partial charge in [-0.2, -0.15) is 0 Å². The number of hydrogen-bond donors (Lipinski definition) is 2. The van der Waals surface area contributed by atoms with Crippen molar-refractivity contribution in [2.24, 2.45) is 0 Å². The van der Waals surface area contributed by atoms with Gasteiger partial charge in [0.2, 0.25) is 5.78 Å². The predicted octanol–water partition coefficient (Wildman–Crippen LogP) is 3.68. The number of rotatable bonds is 7. The van der Waals surface area contributed by atoms with Crippen molar-refractivity contribution in [3.05, 3.63) is 93.8 Å². The van der Waals surface area contributed by atoms with Gasteiger partial charge in [-0.15, -0.1) is 0 Å². The van der Waals surface area contributed by atoms with Crippen LogP contribution in [0.4, 0.5) is 0 Å². The lowest BCUT2D eigenvalue weighted by molar-refractivity contribution is -0.675. The van der Waals surface area contributed by atoms with E-state index in [1.54, 1.807) is 0 Å². The maximum atomic E-state index is 12.9. The molecule has 0 saturated heterocycles. The van der Waals surface area contributed by atoms with Gasteiger partial charge in [0.1, 0.15) is 12.6 Å². The van der Waals surface area contributed by atoms with Gasteiger partial charge >= 0.3 is 0 Å². The molecule has 3 rings (SSSR count). The Kier molecular flexibility index (Phi) is 5.90. The number of quaternary nitrogens is 1. The summed E-state index contributed by atoms with van der Waals surface area (Å²) in [5, 5.41) is 2.06. The quantitative estimate of drug-likeness (QED) is 0.619. The highest BCUT2D eigenvalue weighted by atomic mass is 16.1. The zero-order valence-corrected chi connectivity index (χ0v) is 16.9. The summed E-state index contributed by atoms with van der Waals surface area (Å²) in [5.41, 5.74) is 6.19. The van der Waals surface area contributed by atoms with Crippen molar-refractivity contribution in [1.29, 1.82) is 0 Å². The molecule has 4 nitrogen and oxygen atoms in total. The minimum atomic E-state index is -0.0175. The van der Waals surface area contributed by atoms with E-state index >= 15 is 0 Å². The van der Waals surface area contributed by atoms with Gasteiger partial charge in [0.25, 0.3) is 0 Å². The number of ketones is 2. The zero-order valence-electron chi connectivity index (χ0n) is 16.9. The molecule has 3 N–H and O–H groups in total. The van der Waals surface area contributed by atoms with Gasteiger partial charge < -0.3 is 10.3 Å². The van der Waals surface area contributed by atoms with Crippen LogP contribution in [0, 0.1) is 20.8 Å². The number of nitrogens with two attached hydrogens (primary N) is 1. The standard InChI is InChI=1S/C24H26N2O2/c1-15-10-12-20(13-11-15)24(19-8-6-5-7-9-19)25-14-21(28)23-16(2)22(18(4)27)17(3)26-23/h5-13,24-26H,14H2,1-4H3/p+1/t24-/m1/s1. The minimum absolute atomic E-state index is 0.00106. The lowest BCUT2D eigenvalue weighted by Crippen LogP contribution is -2.87. The monoisotopic (exact) mass is 375 g/mol. The van der Waals surface area contributed by atoms with E-state index in [1.165, 1.54) is 12.5 Å². The molecule has 0 bridgehead atoms. The van der Waals surface area contributed by atoms with Gasteiger partial charge in [-0.3, -0.25) is 9.59 Å². The smallest absolute Gasteiger partial charge is 0.233 e. The normalized spacial score (nSPS) is 12.0. The van der Waals surface area contributed by atoms with Crippen LogP contribution < -0.4 is 5.32 Å². The van der Waals surface area contributed by atoms with Gasteiger partial charge in [-0.05, 0) is 33.3 Å². The lowest BCUT2D eigenvalue weighted by Gasteiger charge is -2.16. The number of hydrogen-bond acceptors (Lipinski definition) is 2. The molecule has 0 amide bonds. The van der Waals surface area contributed by atoms with Gasteiger partial charge in [0.15, 0.2) is 5.78 Å². The summed E-state index contributed by atoms with van der Waals surface area (Å²) in [6, 6.07) is 18.7. The van der Waals surface area contributed by atoms with Crippen molar-refractivity contribution in [1.82, 2.24) is 4.98 Å². The molecule has 0 aliphatic rings. The Labute approximate surface area is 166 Å². The zero-order chi connectivity index (χ0) is 20.3. The van der Waals surface area contributed by atoms with Crippen molar-refractivity contribution >= 4 is 11.6 Å². The first-order chi connectivity index (χ1) is 13.4. The molecule has 0 radical (unpaired) electrons. The maximum absolute atomic E-state index is 12.9. The molecule has 0 aliphatic carbocycles. The fourth-order valence-corrected chi connectivity index (χ4v) is 3.78. The van der Waals surface area contributed by atoms with E-state index in [0.717, 1.165) is 22.4 Å². The minimum Gasteiger partial charge on any atom is -0.355 e. The molecule has 1 heterocycles. The molecule has 1 aromatic heterocycles. The average molecular weight is 375 g/mol. The Morgan fingerprint density at radius 2 is 1.54 bits per heavy atom. The second-order valence-corrected chi connectivity index (χ2v) is 7.34. The third kappa shape index (κ3) is 4.12. The average Bonchev–Trinajstić information content (AvgIpc) is 2.98. The molecule has 0 saturated carbocycles. The van der Waals surface area contributed by atoms with Crippen LogP contribution in [0.1, 0.15) is 61.8 Å². The maximum Gasteiger partial charge on any atom is 0.233 e. The number of H-pyrrole nitrogens is 1. The fourth-order valence-electron chi connectivity index (χ4n) is 3.78. The van der Waals surface area contributed by atoms with E-state index in [1.807, 2.05) is 32.0 Å². The van der Waals surface area contributed by atoms with Gasteiger partial charge in [0.05, 0.1) is 5.69 Å². The molecule has 0 spiro atoms. The number of Topliss-reactive ketones (excluding diaryl/α,β-unsaturated/α-hetero) is 2. The van der Waals surface area contributed by atoms with Crippen molar-refractivity contribution < 1.29 is 14.9 Å². The van der Waals surface area contributed by atoms with Crippen LogP contribution in [0.15, 0.2) is 54.6 Å². The Bertz CT molecular complexity index is 985. The fraction of sp³-hybridized carbons (Fsp3) is 0.250. The summed E-state index contributed by atoms with van der Waals surface area (Å²) in [6.07, 6.45) is 0. The Morgan fingerprint density at radius 1 is 0.929 bits per heavy atom. The van der Waals surface area contributed by atoms with E-state index in [4.69, 9.17) is 0 Å². The predicted molar refractivity (Wildman–Crippen MR) is 111 cm³/mol. The summed E-state index contributed by atoms with van der Waals surface area (Å²) in [4.78, 5) is 27.9. The Balaban J connectivity index is 1.84. The van der Waals surface area contributed by atoms with E-state index in [9.17, 15) is 9.59 Å². The van der Waals surface area contributed by atoms with Gasteiger partial charge in [-0.25, -0.2) is 0 Å². The largest absolute Gasteiger partial charge is 0.355 e. The van der Waals surface area contributed by atoms with Gasteiger partial charge in [-0.1, -0.05) is 60.2 Å². The summed E-state index contributed by atoms with van der Waals surface area (Å²) < 4.78 is 0. The summed E-state index contributed by atoms with van der Waals surface area (Å²) in [6.45, 7) is 7.57. The summed E-state index contributed by atoms with van der Waals surface area (Å²) >= 11 is 0. The highest BCUT2D eigenvalue weighted by Crippen LogP contribution is 2.20. The third-order valence-corrected chi connectivity index (χ3v) is 5.20. The molecule has 3 aromatic rings. The third-order valence-electron chi connectivity index (χ3n) is 5.20. The summed E-state index contributed by atoms with van der Waals surface area (Å²) in [5.74, 6) is -0.0164. The Morgan fingerprint density at radius 3 is 2.11 bits per heavy atom. The molecule has 144 valence electrons. The first-order valence-corrected chi connectivity index (χ1v) is 9.56. The molecule has 1 atom stereocenters. The van der Waals surface area contributed by atoms with Crippen LogP contribution in [0.3, 0.4) is 0 Å². The molecule has 0 aliphatic heterocycles. The van der Waals surface area contributed by atoms with E-state index < -0.39 is 0 Å². The van der Waals surface area contributed by atoms with Crippen molar-refractivity contribution in [3.63, 3.8) is 0 Å². The SMILES string of the molecule is CC(=O)c1c(C)[nH]c(C(=O)C[NH2+][C@H](c2ccccc2)c2ccc(C)cc2)c1C. The van der Waals surface area contributed by atoms with E-state index in [-0.39, 0.29) is 17.6 Å². The van der Waals surface area contributed by atoms with E-state index in [2.05, 4.69) is 53.6 Å². The molecule has 4 heteroatoms. The van der Waals surface area contributed by atoms with Crippen molar-refractivity contribution in [2.45, 2.75) is 33.7 Å². The second kappa shape index (κ2) is 8.36. The number of benzene rings is 2. The van der Waals surface area contributed by atoms with Crippen LogP contribution in [-0.2, 0) is 0 Å². The molecular weight excluding hydrogens is 348 g/mol. The highest BCUT2D eigenvalue weighted by Gasteiger charge is 2.23. The number of aromatic amines is 1. The van der Waals surface area contributed by atoms with Crippen LogP contribution in [0.2, 0.25) is 0 Å². The molecule has 28 heavy (non-hydrogen) atoms. The van der Waals surface area contributed by atoms with Gasteiger partial charge in [0, 0.05) is 22.4 Å². The summed E-state index contributed by atoms with van der Waals surface area (Å²) in [7, 11) is 0. The lowest BCUT2D eigenvalue weighted by atomic mass is 9.97. The first kappa shape index (κ1) is 19.8. The second-order valence-electron chi connectivity index (χ2n) is 7.34. The molecule has 0 unspecified atom stereocenters. The Hall–Kier alpha value is -2.98. The number of carbonyl (C=O) groups is 2. The number of aryl methyl sites for hydroxylation is 2. The van der Waals surface area contributed by atoms with Crippen LogP contribution in [0.25, 0.3) is 0 Å². The first-order valence-electron chi connectivity index (χ1n) is 9.56. The highest BCUT2D eigenvalue weighted by molar-refractivity contribution is 6.03. The van der Waals surface area contributed by atoms with Crippen LogP contribution >= 0.6 is 0 Å². The molecule has 2 aromatic carbocycles. The van der Waals surface area contributed by atoms with Crippen LogP contribution in [0.5, 0.6) is 0 Å². The topological polar surface area (TPSA) is 66.5 Å².